The van der Waals surface area contributed by atoms with Crippen molar-refractivity contribution < 1.29 is 23.0 Å². The molecule has 110 valence electrons. The van der Waals surface area contributed by atoms with Gasteiger partial charge in [0.2, 0.25) is 0 Å². The normalized spacial score (nSPS) is 15.0. The predicted molar refractivity (Wildman–Crippen MR) is 70.6 cm³/mol. The van der Waals surface area contributed by atoms with E-state index in [1.54, 1.807) is 5.38 Å². The molecule has 1 aromatic carbocycles. The summed E-state index contributed by atoms with van der Waals surface area (Å²) in [5.74, 6) is -0.688. The number of alkyl halides is 2. The molecule has 0 spiro atoms. The minimum atomic E-state index is -3.68. The average molecular weight is 313 g/mol. The third-order valence-corrected chi connectivity index (χ3v) is 3.49. The highest BCUT2D eigenvalue weighted by Gasteiger charge is 2.43. The van der Waals surface area contributed by atoms with E-state index in [0.29, 0.717) is 10.7 Å². The minimum Gasteiger partial charge on any atom is -0.395 e. The largest absolute Gasteiger partial charge is 0.586 e. The molecule has 0 saturated carbocycles. The van der Waals surface area contributed by atoms with Crippen molar-refractivity contribution >= 4 is 22.9 Å². The number of carbonyl (C=O) groups is 1. The van der Waals surface area contributed by atoms with Gasteiger partial charge in [0, 0.05) is 23.7 Å². The Kier molecular flexibility index (Phi) is 3.22. The van der Waals surface area contributed by atoms with Gasteiger partial charge in [0.1, 0.15) is 10.7 Å². The molecule has 0 bridgehead atoms. The zero-order chi connectivity index (χ0) is 15.0. The summed E-state index contributed by atoms with van der Waals surface area (Å²) >= 11 is 1.27. The van der Waals surface area contributed by atoms with E-state index < -0.39 is 12.2 Å². The molecule has 1 aliphatic heterocycles. The molecule has 0 saturated heterocycles. The van der Waals surface area contributed by atoms with Crippen LogP contribution < -0.4 is 20.5 Å². The van der Waals surface area contributed by atoms with Crippen LogP contribution in [0.15, 0.2) is 23.6 Å². The van der Waals surface area contributed by atoms with Crippen LogP contribution in [0.3, 0.4) is 0 Å². The fourth-order valence-corrected chi connectivity index (χ4v) is 2.39. The van der Waals surface area contributed by atoms with E-state index in [9.17, 15) is 13.6 Å². The van der Waals surface area contributed by atoms with Crippen molar-refractivity contribution in [1.82, 2.24) is 4.98 Å². The minimum absolute atomic E-state index is 0.0860. The van der Waals surface area contributed by atoms with Gasteiger partial charge in [0.05, 0.1) is 0 Å². The smallest absolute Gasteiger partial charge is 0.395 e. The summed E-state index contributed by atoms with van der Waals surface area (Å²) in [6.07, 6.45) is -3.68. The molecule has 0 atom stereocenters. The molecule has 2 heterocycles. The van der Waals surface area contributed by atoms with Crippen LogP contribution in [0, 0.1) is 0 Å². The van der Waals surface area contributed by atoms with Crippen LogP contribution in [0.4, 0.5) is 14.5 Å². The monoisotopic (exact) mass is 313 g/mol. The van der Waals surface area contributed by atoms with Crippen LogP contribution in [-0.4, -0.2) is 17.2 Å². The Morgan fingerprint density at radius 3 is 2.86 bits per heavy atom. The van der Waals surface area contributed by atoms with Gasteiger partial charge >= 0.3 is 6.29 Å². The van der Waals surface area contributed by atoms with Crippen molar-refractivity contribution in [2.75, 3.05) is 5.32 Å². The molecule has 0 radical (unpaired) electrons. The zero-order valence-corrected chi connectivity index (χ0v) is 11.2. The molecule has 0 fully saturated rings. The van der Waals surface area contributed by atoms with Crippen molar-refractivity contribution in [3.8, 4) is 11.5 Å². The molecule has 6 nitrogen and oxygen atoms in total. The van der Waals surface area contributed by atoms with Gasteiger partial charge in [0.15, 0.2) is 11.5 Å². The van der Waals surface area contributed by atoms with Gasteiger partial charge < -0.3 is 20.5 Å². The number of amides is 1. The molecule has 1 aliphatic rings. The molecule has 1 amide bonds. The molecular formula is C12H9F2N3O3S. The first-order chi connectivity index (χ1) is 9.97. The Morgan fingerprint density at radius 1 is 1.38 bits per heavy atom. The molecule has 0 aliphatic carbocycles. The number of hydrogen-bond donors (Lipinski definition) is 2. The molecule has 21 heavy (non-hydrogen) atoms. The quantitative estimate of drug-likeness (QED) is 0.907. The topological polar surface area (TPSA) is 86.5 Å². The van der Waals surface area contributed by atoms with E-state index in [-0.39, 0.29) is 23.7 Å². The lowest BCUT2D eigenvalue weighted by atomic mass is 10.2. The number of benzene rings is 1. The number of ether oxygens (including phenoxy) is 2. The molecule has 3 N–H and O–H groups in total. The number of nitrogens with one attached hydrogen (secondary N) is 1. The summed E-state index contributed by atoms with van der Waals surface area (Å²) in [5, 5.41) is 4.73. The van der Waals surface area contributed by atoms with Gasteiger partial charge in [-0.25, -0.2) is 4.98 Å². The molecular weight excluding hydrogens is 304 g/mol. The number of halogens is 2. The Balaban J connectivity index is 1.76. The molecule has 3 rings (SSSR count). The Morgan fingerprint density at radius 2 is 2.14 bits per heavy atom. The fraction of sp³-hybridized carbons (Fsp3) is 0.167. The average Bonchev–Trinajstić information content (AvgIpc) is 3.00. The van der Waals surface area contributed by atoms with Crippen LogP contribution in [0.25, 0.3) is 0 Å². The maximum Gasteiger partial charge on any atom is 0.586 e. The van der Waals surface area contributed by atoms with E-state index in [1.807, 2.05) is 0 Å². The first-order valence-electron chi connectivity index (χ1n) is 5.82. The second-order valence-electron chi connectivity index (χ2n) is 4.11. The van der Waals surface area contributed by atoms with Crippen LogP contribution >= 0.6 is 11.3 Å². The molecule has 2 aromatic rings. The number of nitrogens with two attached hydrogens (primary N) is 1. The summed E-state index contributed by atoms with van der Waals surface area (Å²) in [7, 11) is 0. The number of anilines is 1. The number of carbonyl (C=O) groups excluding carboxylic acids is 1. The van der Waals surface area contributed by atoms with Crippen molar-refractivity contribution in [2.24, 2.45) is 5.73 Å². The van der Waals surface area contributed by atoms with E-state index >= 15 is 0 Å². The van der Waals surface area contributed by atoms with Crippen LogP contribution in [0.5, 0.6) is 11.5 Å². The van der Waals surface area contributed by atoms with Crippen molar-refractivity contribution in [1.29, 1.82) is 0 Å². The summed E-state index contributed by atoms with van der Waals surface area (Å²) < 4.78 is 34.3. The van der Waals surface area contributed by atoms with E-state index in [2.05, 4.69) is 19.8 Å². The van der Waals surface area contributed by atoms with Gasteiger partial charge in [-0.15, -0.1) is 20.1 Å². The zero-order valence-electron chi connectivity index (χ0n) is 10.4. The van der Waals surface area contributed by atoms with Gasteiger partial charge in [-0.1, -0.05) is 0 Å². The van der Waals surface area contributed by atoms with Crippen LogP contribution in [-0.2, 0) is 6.54 Å². The van der Waals surface area contributed by atoms with Crippen molar-refractivity contribution in [2.45, 2.75) is 12.8 Å². The number of rotatable bonds is 3. The Labute approximate surface area is 121 Å². The lowest BCUT2D eigenvalue weighted by molar-refractivity contribution is -0.286. The van der Waals surface area contributed by atoms with Crippen LogP contribution in [0.1, 0.15) is 15.5 Å². The van der Waals surface area contributed by atoms with E-state index in [0.717, 1.165) is 0 Å². The SMILES string of the molecule is NCc1nc(C(=O)Nc2ccc3c(c2)OC(F)(F)O3)cs1. The highest BCUT2D eigenvalue weighted by Crippen LogP contribution is 2.42. The molecule has 0 unspecified atom stereocenters. The third kappa shape index (κ3) is 2.78. The summed E-state index contributed by atoms with van der Waals surface area (Å²) in [6.45, 7) is 0.247. The lowest BCUT2D eigenvalue weighted by Crippen LogP contribution is -2.25. The predicted octanol–water partition coefficient (Wildman–Crippen LogP) is 2.18. The Hall–Kier alpha value is -2.26. The number of nitrogens with zero attached hydrogens (tertiary/aromatic N) is 1. The van der Waals surface area contributed by atoms with Crippen molar-refractivity contribution in [3.05, 3.63) is 34.3 Å². The number of thiazole rings is 1. The summed E-state index contributed by atoms with van der Waals surface area (Å²) in [4.78, 5) is 16.0. The third-order valence-electron chi connectivity index (χ3n) is 2.62. The number of fused-ring (bicyclic) bond motifs is 1. The molecule has 9 heteroatoms. The van der Waals surface area contributed by atoms with Gasteiger partial charge in [-0.05, 0) is 12.1 Å². The second-order valence-corrected chi connectivity index (χ2v) is 5.06. The van der Waals surface area contributed by atoms with E-state index in [1.165, 1.54) is 29.5 Å². The highest BCUT2D eigenvalue weighted by atomic mass is 32.1. The second kappa shape index (κ2) is 4.93. The molecule has 1 aromatic heterocycles. The first-order valence-corrected chi connectivity index (χ1v) is 6.70. The highest BCUT2D eigenvalue weighted by molar-refractivity contribution is 7.09. The number of aromatic nitrogens is 1. The first kappa shape index (κ1) is 13.7. The van der Waals surface area contributed by atoms with Crippen LogP contribution in [0.2, 0.25) is 0 Å². The summed E-state index contributed by atoms with van der Waals surface area (Å²) in [6, 6.07) is 3.97. The van der Waals surface area contributed by atoms with Crippen molar-refractivity contribution in [3.63, 3.8) is 0 Å². The number of hydrogen-bond acceptors (Lipinski definition) is 6. The maximum absolute atomic E-state index is 12.9. The van der Waals surface area contributed by atoms with E-state index in [4.69, 9.17) is 5.73 Å². The van der Waals surface area contributed by atoms with Gasteiger partial charge in [-0.3, -0.25) is 4.79 Å². The maximum atomic E-state index is 12.9. The Bertz CT molecular complexity index is 705. The van der Waals surface area contributed by atoms with Gasteiger partial charge in [0.25, 0.3) is 5.91 Å². The fourth-order valence-electron chi connectivity index (χ4n) is 1.73. The van der Waals surface area contributed by atoms with Gasteiger partial charge in [-0.2, -0.15) is 0 Å². The summed E-state index contributed by atoms with van der Waals surface area (Å²) in [5.41, 5.74) is 5.92. The lowest BCUT2D eigenvalue weighted by Gasteiger charge is -2.04. The standard InChI is InChI=1S/C12H9F2N3O3S/c13-12(14)19-8-2-1-6(3-9(8)20-12)16-11(18)7-5-21-10(4-15)17-7/h1-3,5H,4,15H2,(H,16,18).